The second kappa shape index (κ2) is 5.09. The van der Waals surface area contributed by atoms with Crippen LogP contribution in [0.4, 0.5) is 0 Å². The number of amidine groups is 2. The lowest BCUT2D eigenvalue weighted by atomic mass is 10.1. The first-order valence-electron chi connectivity index (χ1n) is 8.41. The van der Waals surface area contributed by atoms with E-state index in [1.54, 1.807) is 0 Å². The minimum atomic E-state index is 0.862. The van der Waals surface area contributed by atoms with Crippen molar-refractivity contribution in [3.63, 3.8) is 0 Å². The Morgan fingerprint density at radius 2 is 1.29 bits per heavy atom. The molecule has 5 rings (SSSR count). The second-order valence-electron chi connectivity index (χ2n) is 6.34. The quantitative estimate of drug-likeness (QED) is 0.760. The summed E-state index contributed by atoms with van der Waals surface area (Å²) in [4.78, 5) is 9.07. The summed E-state index contributed by atoms with van der Waals surface area (Å²) in [5.41, 5.74) is 4.79. The van der Waals surface area contributed by atoms with Crippen molar-refractivity contribution in [3.05, 3.63) is 47.5 Å². The first-order valence-corrected chi connectivity index (χ1v) is 8.41. The average molecular weight is 317 g/mol. The molecule has 0 saturated carbocycles. The highest BCUT2D eigenvalue weighted by Gasteiger charge is 2.15. The van der Waals surface area contributed by atoms with Crippen LogP contribution < -0.4 is 10.6 Å². The smallest absolute Gasteiger partial charge is 0.128 e. The van der Waals surface area contributed by atoms with Crippen LogP contribution in [0, 0.1) is 0 Å². The van der Waals surface area contributed by atoms with Gasteiger partial charge < -0.3 is 15.2 Å². The zero-order chi connectivity index (χ0) is 16.1. The topological polar surface area (TPSA) is 53.7 Å². The molecule has 5 nitrogen and oxygen atoms in total. The molecule has 0 saturated heterocycles. The fourth-order valence-corrected chi connectivity index (χ4v) is 3.68. The maximum absolute atomic E-state index is 4.54. The molecule has 2 aromatic carbocycles. The van der Waals surface area contributed by atoms with Gasteiger partial charge in [-0.15, -0.1) is 0 Å². The minimum Gasteiger partial charge on any atom is -0.368 e. The van der Waals surface area contributed by atoms with E-state index in [9.17, 15) is 0 Å². The van der Waals surface area contributed by atoms with Gasteiger partial charge >= 0.3 is 0 Å². The Balaban J connectivity index is 1.71. The predicted molar refractivity (Wildman–Crippen MR) is 99.2 cm³/mol. The largest absolute Gasteiger partial charge is 0.368 e. The number of hydrogen-bond acceptors (Lipinski definition) is 4. The third-order valence-corrected chi connectivity index (χ3v) is 4.90. The molecule has 0 aliphatic carbocycles. The number of aromatic nitrogens is 1. The highest BCUT2D eigenvalue weighted by Crippen LogP contribution is 2.30. The standard InChI is InChI=1S/C19H19N5/c1-24-16-10-12(18-20-6-7-21-18)2-4-14(16)15-5-3-13(11-17(15)24)19-22-8-9-23-19/h2-5,10-11H,6-9H2,1H3,(H,20,21)(H,22,23). The molecule has 0 fully saturated rings. The lowest BCUT2D eigenvalue weighted by Crippen LogP contribution is -2.19. The number of hydrogen-bond donors (Lipinski definition) is 2. The van der Waals surface area contributed by atoms with E-state index in [2.05, 4.69) is 68.6 Å². The third-order valence-electron chi connectivity index (χ3n) is 4.90. The van der Waals surface area contributed by atoms with E-state index in [-0.39, 0.29) is 0 Å². The first-order chi connectivity index (χ1) is 11.8. The van der Waals surface area contributed by atoms with Crippen molar-refractivity contribution in [2.45, 2.75) is 0 Å². The van der Waals surface area contributed by atoms with Crippen LogP contribution in [0.5, 0.6) is 0 Å². The van der Waals surface area contributed by atoms with Gasteiger partial charge in [0.2, 0.25) is 0 Å². The summed E-state index contributed by atoms with van der Waals surface area (Å²) in [6.07, 6.45) is 0. The van der Waals surface area contributed by atoms with Crippen molar-refractivity contribution in [1.29, 1.82) is 0 Å². The van der Waals surface area contributed by atoms with Crippen molar-refractivity contribution < 1.29 is 0 Å². The normalized spacial score (nSPS) is 17.0. The Kier molecular flexibility index (Phi) is 2.89. The lowest BCUT2D eigenvalue weighted by molar-refractivity contribution is 0.959. The molecule has 2 aliphatic rings. The summed E-state index contributed by atoms with van der Waals surface area (Å²) in [6, 6.07) is 13.2. The molecule has 0 atom stereocenters. The van der Waals surface area contributed by atoms with E-state index in [4.69, 9.17) is 0 Å². The van der Waals surface area contributed by atoms with E-state index < -0.39 is 0 Å². The van der Waals surface area contributed by atoms with Crippen LogP contribution in [0.25, 0.3) is 21.8 Å². The summed E-state index contributed by atoms with van der Waals surface area (Å²) in [7, 11) is 2.13. The average Bonchev–Trinajstić information content (AvgIpc) is 3.36. The molecule has 0 unspecified atom stereocenters. The Morgan fingerprint density at radius 1 is 0.792 bits per heavy atom. The van der Waals surface area contributed by atoms with Crippen LogP contribution in [0.1, 0.15) is 11.1 Å². The lowest BCUT2D eigenvalue weighted by Gasteiger charge is -2.04. The van der Waals surface area contributed by atoms with Gasteiger partial charge in [-0.3, -0.25) is 9.98 Å². The SMILES string of the molecule is Cn1c2cc(C3=NCCN3)ccc2c2ccc(C3=NCCN3)cc21. The summed E-state index contributed by atoms with van der Waals surface area (Å²) in [5, 5.41) is 9.27. The van der Waals surface area contributed by atoms with Gasteiger partial charge in [0.1, 0.15) is 11.7 Å². The van der Waals surface area contributed by atoms with E-state index in [1.807, 2.05) is 0 Å². The first kappa shape index (κ1) is 13.6. The van der Waals surface area contributed by atoms with Gasteiger partial charge in [-0.05, 0) is 12.1 Å². The Labute approximate surface area is 140 Å². The predicted octanol–water partition coefficient (Wildman–Crippen LogP) is 2.03. The number of nitrogens with zero attached hydrogens (tertiary/aromatic N) is 3. The molecule has 1 aromatic heterocycles. The van der Waals surface area contributed by atoms with Crippen molar-refractivity contribution in [1.82, 2.24) is 15.2 Å². The van der Waals surface area contributed by atoms with Crippen LogP contribution in [0.15, 0.2) is 46.4 Å². The maximum atomic E-state index is 4.54. The van der Waals surface area contributed by atoms with E-state index in [0.717, 1.165) is 49.0 Å². The summed E-state index contributed by atoms with van der Waals surface area (Å²) in [5.74, 6) is 2.01. The van der Waals surface area contributed by atoms with Crippen molar-refractivity contribution >= 4 is 33.5 Å². The summed E-state index contributed by atoms with van der Waals surface area (Å²) >= 11 is 0. The number of benzene rings is 2. The fourth-order valence-electron chi connectivity index (χ4n) is 3.68. The summed E-state index contributed by atoms with van der Waals surface area (Å²) in [6.45, 7) is 3.59. The van der Waals surface area contributed by atoms with Crippen molar-refractivity contribution in [2.75, 3.05) is 26.2 Å². The molecule has 0 spiro atoms. The molecule has 0 amide bonds. The number of rotatable bonds is 2. The Hall–Kier alpha value is -2.82. The van der Waals surface area contributed by atoms with Gasteiger partial charge in [0.05, 0.1) is 13.1 Å². The van der Waals surface area contributed by atoms with E-state index >= 15 is 0 Å². The van der Waals surface area contributed by atoms with E-state index in [1.165, 1.54) is 21.8 Å². The Morgan fingerprint density at radius 3 is 1.71 bits per heavy atom. The monoisotopic (exact) mass is 317 g/mol. The third kappa shape index (κ3) is 1.94. The number of fused-ring (bicyclic) bond motifs is 3. The van der Waals surface area contributed by atoms with Gasteiger partial charge in [0, 0.05) is 53.1 Å². The van der Waals surface area contributed by atoms with Crippen molar-refractivity contribution in [3.8, 4) is 0 Å². The fraction of sp³-hybridized carbons (Fsp3) is 0.263. The highest BCUT2D eigenvalue weighted by molar-refractivity contribution is 6.13. The molecular formula is C19H19N5. The molecule has 3 heterocycles. The second-order valence-corrected chi connectivity index (χ2v) is 6.34. The van der Waals surface area contributed by atoms with Crippen molar-refractivity contribution in [2.24, 2.45) is 17.0 Å². The van der Waals surface area contributed by atoms with Crippen LogP contribution >= 0.6 is 0 Å². The summed E-state index contributed by atoms with van der Waals surface area (Å²) < 4.78 is 2.27. The number of aryl methyl sites for hydroxylation is 1. The van der Waals surface area contributed by atoms with Gasteiger partial charge in [-0.25, -0.2) is 0 Å². The number of nitrogens with one attached hydrogen (secondary N) is 2. The molecule has 0 bridgehead atoms. The molecule has 120 valence electrons. The maximum Gasteiger partial charge on any atom is 0.128 e. The highest BCUT2D eigenvalue weighted by atomic mass is 15.1. The van der Waals surface area contributed by atoms with Crippen LogP contribution in [-0.2, 0) is 7.05 Å². The molecule has 2 aliphatic heterocycles. The van der Waals surface area contributed by atoms with Gasteiger partial charge in [0.15, 0.2) is 0 Å². The minimum absolute atomic E-state index is 0.862. The number of aliphatic imine (C=N–C) groups is 2. The van der Waals surface area contributed by atoms with Gasteiger partial charge in [-0.2, -0.15) is 0 Å². The molecule has 0 radical (unpaired) electrons. The van der Waals surface area contributed by atoms with Crippen LogP contribution in [0.3, 0.4) is 0 Å². The molecule has 3 aromatic rings. The van der Waals surface area contributed by atoms with Gasteiger partial charge in [0.25, 0.3) is 0 Å². The molecule has 5 heteroatoms. The van der Waals surface area contributed by atoms with E-state index in [0.29, 0.717) is 0 Å². The molecule has 2 N–H and O–H groups in total. The zero-order valence-electron chi connectivity index (χ0n) is 13.6. The van der Waals surface area contributed by atoms with Crippen LogP contribution in [0.2, 0.25) is 0 Å². The zero-order valence-corrected chi connectivity index (χ0v) is 13.6. The molecule has 24 heavy (non-hydrogen) atoms. The molecular weight excluding hydrogens is 298 g/mol. The Bertz CT molecular complexity index is 944. The van der Waals surface area contributed by atoms with Crippen LogP contribution in [-0.4, -0.2) is 42.4 Å². The van der Waals surface area contributed by atoms with Gasteiger partial charge in [-0.1, -0.05) is 24.3 Å².